The van der Waals surface area contributed by atoms with Crippen molar-refractivity contribution in [3.05, 3.63) is 60.2 Å². The minimum Gasteiger partial charge on any atom is -0.452 e. The van der Waals surface area contributed by atoms with Crippen LogP contribution in [0.5, 0.6) is 0 Å². The lowest BCUT2D eigenvalue weighted by Crippen LogP contribution is -2.49. The summed E-state index contributed by atoms with van der Waals surface area (Å²) in [7, 11) is 0. The fourth-order valence-corrected chi connectivity index (χ4v) is 3.23. The maximum Gasteiger partial charge on any atom is 0.338 e. The van der Waals surface area contributed by atoms with E-state index in [2.05, 4.69) is 14.9 Å². The van der Waals surface area contributed by atoms with Crippen molar-refractivity contribution in [3.63, 3.8) is 0 Å². The molecule has 0 atom stereocenters. The standard InChI is InChI=1S/C20H19FN4O3/c21-15-2-4-16(5-3-15)24-7-9-25(10-8-24)19(26)12-28-20(27)14-1-6-17-18(11-14)23-13-22-17/h1-6,11,13H,7-10,12H2,(H,22,23). The predicted molar refractivity (Wildman–Crippen MR) is 102 cm³/mol. The lowest BCUT2D eigenvalue weighted by atomic mass is 10.2. The van der Waals surface area contributed by atoms with E-state index >= 15 is 0 Å². The second-order valence-corrected chi connectivity index (χ2v) is 6.55. The molecule has 0 saturated carbocycles. The lowest BCUT2D eigenvalue weighted by Gasteiger charge is -2.36. The number of H-pyrrole nitrogens is 1. The van der Waals surface area contributed by atoms with Gasteiger partial charge in [-0.25, -0.2) is 14.2 Å². The molecule has 2 aromatic carbocycles. The maximum absolute atomic E-state index is 13.0. The van der Waals surface area contributed by atoms with Crippen molar-refractivity contribution < 1.29 is 18.7 Å². The molecule has 0 radical (unpaired) electrons. The molecular weight excluding hydrogens is 363 g/mol. The minimum absolute atomic E-state index is 0.227. The first kappa shape index (κ1) is 18.0. The van der Waals surface area contributed by atoms with Gasteiger partial charge in [-0.05, 0) is 42.5 Å². The van der Waals surface area contributed by atoms with E-state index in [1.165, 1.54) is 12.1 Å². The highest BCUT2D eigenvalue weighted by Crippen LogP contribution is 2.17. The number of aromatic nitrogens is 2. The SMILES string of the molecule is O=C(OCC(=O)N1CCN(c2ccc(F)cc2)CC1)c1ccc2nc[nH]c2c1. The van der Waals surface area contributed by atoms with Crippen LogP contribution >= 0.6 is 0 Å². The molecule has 144 valence electrons. The Morgan fingerprint density at radius 3 is 2.57 bits per heavy atom. The lowest BCUT2D eigenvalue weighted by molar-refractivity contribution is -0.134. The van der Waals surface area contributed by atoms with Crippen molar-refractivity contribution in [1.82, 2.24) is 14.9 Å². The van der Waals surface area contributed by atoms with Crippen LogP contribution in [0.2, 0.25) is 0 Å². The monoisotopic (exact) mass is 382 g/mol. The number of carbonyl (C=O) groups is 2. The number of benzene rings is 2. The number of aromatic amines is 1. The molecule has 1 fully saturated rings. The number of amides is 1. The molecule has 28 heavy (non-hydrogen) atoms. The molecule has 1 aromatic heterocycles. The fraction of sp³-hybridized carbons (Fsp3) is 0.250. The summed E-state index contributed by atoms with van der Waals surface area (Å²) < 4.78 is 18.2. The van der Waals surface area contributed by atoms with Gasteiger partial charge in [-0.15, -0.1) is 0 Å². The molecule has 7 nitrogen and oxygen atoms in total. The summed E-state index contributed by atoms with van der Waals surface area (Å²) in [5.74, 6) is -1.05. The molecular formula is C20H19FN4O3. The van der Waals surface area contributed by atoms with Crippen molar-refractivity contribution >= 4 is 28.6 Å². The van der Waals surface area contributed by atoms with Crippen LogP contribution in [-0.2, 0) is 9.53 Å². The summed E-state index contributed by atoms with van der Waals surface area (Å²) in [6.07, 6.45) is 1.55. The number of anilines is 1. The summed E-state index contributed by atoms with van der Waals surface area (Å²) in [4.78, 5) is 35.3. The Bertz CT molecular complexity index is 994. The zero-order valence-corrected chi connectivity index (χ0v) is 15.1. The third kappa shape index (κ3) is 3.80. The van der Waals surface area contributed by atoms with Crippen molar-refractivity contribution in [1.29, 1.82) is 0 Å². The molecule has 4 rings (SSSR count). The number of rotatable bonds is 4. The van der Waals surface area contributed by atoms with E-state index in [-0.39, 0.29) is 18.3 Å². The van der Waals surface area contributed by atoms with E-state index < -0.39 is 5.97 Å². The number of imidazole rings is 1. The van der Waals surface area contributed by atoms with E-state index in [1.807, 2.05) is 0 Å². The number of nitrogens with zero attached hydrogens (tertiary/aromatic N) is 3. The van der Waals surface area contributed by atoms with Gasteiger partial charge in [-0.3, -0.25) is 4.79 Å². The van der Waals surface area contributed by atoms with Crippen LogP contribution in [0.25, 0.3) is 11.0 Å². The first-order valence-corrected chi connectivity index (χ1v) is 8.99. The Morgan fingerprint density at radius 2 is 1.82 bits per heavy atom. The highest BCUT2D eigenvalue weighted by molar-refractivity contribution is 5.94. The predicted octanol–water partition coefficient (Wildman–Crippen LogP) is 2.21. The Hall–Kier alpha value is -3.42. The molecule has 0 spiro atoms. The minimum atomic E-state index is -0.546. The van der Waals surface area contributed by atoms with Gasteiger partial charge in [0.1, 0.15) is 5.82 Å². The second-order valence-electron chi connectivity index (χ2n) is 6.55. The van der Waals surface area contributed by atoms with Crippen LogP contribution in [0, 0.1) is 5.82 Å². The molecule has 2 heterocycles. The van der Waals surface area contributed by atoms with E-state index in [0.717, 1.165) is 16.7 Å². The Kier molecular flexibility index (Phi) is 4.92. The quantitative estimate of drug-likeness (QED) is 0.700. The molecule has 1 amide bonds. The average molecular weight is 382 g/mol. The fourth-order valence-electron chi connectivity index (χ4n) is 3.23. The highest BCUT2D eigenvalue weighted by atomic mass is 19.1. The summed E-state index contributed by atoms with van der Waals surface area (Å²) >= 11 is 0. The van der Waals surface area contributed by atoms with Gasteiger partial charge >= 0.3 is 5.97 Å². The van der Waals surface area contributed by atoms with E-state index in [1.54, 1.807) is 41.6 Å². The van der Waals surface area contributed by atoms with E-state index in [0.29, 0.717) is 31.7 Å². The first-order valence-electron chi connectivity index (χ1n) is 8.99. The Balaban J connectivity index is 1.28. The maximum atomic E-state index is 13.0. The number of piperazine rings is 1. The normalized spacial score (nSPS) is 14.3. The van der Waals surface area contributed by atoms with Gasteiger partial charge in [0.05, 0.1) is 22.9 Å². The Morgan fingerprint density at radius 1 is 1.07 bits per heavy atom. The molecule has 0 bridgehead atoms. The molecule has 1 saturated heterocycles. The number of hydrogen-bond donors (Lipinski definition) is 1. The molecule has 1 N–H and O–H groups in total. The molecule has 8 heteroatoms. The van der Waals surface area contributed by atoms with Crippen LogP contribution in [0.3, 0.4) is 0 Å². The zero-order valence-electron chi connectivity index (χ0n) is 15.1. The van der Waals surface area contributed by atoms with Gasteiger partial charge in [0, 0.05) is 31.9 Å². The summed E-state index contributed by atoms with van der Waals surface area (Å²) in [5.41, 5.74) is 2.78. The van der Waals surface area contributed by atoms with Crippen molar-refractivity contribution in [2.45, 2.75) is 0 Å². The number of fused-ring (bicyclic) bond motifs is 1. The molecule has 0 aliphatic carbocycles. The van der Waals surface area contributed by atoms with E-state index in [4.69, 9.17) is 4.74 Å². The van der Waals surface area contributed by atoms with Gasteiger partial charge < -0.3 is 19.5 Å². The summed E-state index contributed by atoms with van der Waals surface area (Å²) in [5, 5.41) is 0. The largest absolute Gasteiger partial charge is 0.452 e. The number of esters is 1. The number of hydrogen-bond acceptors (Lipinski definition) is 5. The van der Waals surface area contributed by atoms with Gasteiger partial charge in [0.2, 0.25) is 0 Å². The molecule has 0 unspecified atom stereocenters. The third-order valence-corrected chi connectivity index (χ3v) is 4.81. The van der Waals surface area contributed by atoms with E-state index in [9.17, 15) is 14.0 Å². The molecule has 1 aliphatic rings. The second kappa shape index (κ2) is 7.67. The van der Waals surface area contributed by atoms with Gasteiger partial charge in [0.15, 0.2) is 6.61 Å². The van der Waals surface area contributed by atoms with Crippen LogP contribution in [0.15, 0.2) is 48.8 Å². The van der Waals surface area contributed by atoms with Crippen LogP contribution in [0.4, 0.5) is 10.1 Å². The third-order valence-electron chi connectivity index (χ3n) is 4.81. The first-order chi connectivity index (χ1) is 13.6. The number of ether oxygens (including phenoxy) is 1. The highest BCUT2D eigenvalue weighted by Gasteiger charge is 2.22. The van der Waals surface area contributed by atoms with Crippen molar-refractivity contribution in [3.8, 4) is 0 Å². The number of carbonyl (C=O) groups excluding carboxylic acids is 2. The summed E-state index contributed by atoms with van der Waals surface area (Å²) in [6, 6.07) is 11.3. The van der Waals surface area contributed by atoms with Crippen molar-refractivity contribution in [2.24, 2.45) is 0 Å². The summed E-state index contributed by atoms with van der Waals surface area (Å²) in [6.45, 7) is 2.03. The average Bonchev–Trinajstić information content (AvgIpc) is 3.20. The van der Waals surface area contributed by atoms with Crippen LogP contribution in [0.1, 0.15) is 10.4 Å². The topological polar surface area (TPSA) is 78.5 Å². The zero-order chi connectivity index (χ0) is 19.5. The molecule has 1 aliphatic heterocycles. The van der Waals surface area contributed by atoms with Gasteiger partial charge in [-0.1, -0.05) is 0 Å². The van der Waals surface area contributed by atoms with Gasteiger partial charge in [-0.2, -0.15) is 0 Å². The van der Waals surface area contributed by atoms with Gasteiger partial charge in [0.25, 0.3) is 5.91 Å². The van der Waals surface area contributed by atoms with Crippen LogP contribution < -0.4 is 4.90 Å². The smallest absolute Gasteiger partial charge is 0.338 e. The Labute approximate surface area is 160 Å². The molecule has 3 aromatic rings. The van der Waals surface area contributed by atoms with Crippen molar-refractivity contribution in [2.75, 3.05) is 37.7 Å². The number of nitrogens with one attached hydrogen (secondary N) is 1. The number of halogens is 1. The van der Waals surface area contributed by atoms with Crippen LogP contribution in [-0.4, -0.2) is 59.5 Å².